The molecule has 1 aliphatic rings. The standard InChI is InChI=1S/C13H17Cl2NO4S2/c1-8-6-10(14)9(2)12(11(8)15)22(19,20)16-13(3)4-5-21(17,18)7-13/h6,16H,4-5,7H2,1-3H3. The highest BCUT2D eigenvalue weighted by atomic mass is 35.5. The Bertz CT molecular complexity index is 808. The van der Waals surface area contributed by atoms with Gasteiger partial charge in [-0.25, -0.2) is 21.6 Å². The number of sulfonamides is 1. The molecule has 1 aromatic carbocycles. The minimum absolute atomic E-state index is 0.0344. The van der Waals surface area contributed by atoms with Gasteiger partial charge in [-0.1, -0.05) is 23.2 Å². The van der Waals surface area contributed by atoms with Gasteiger partial charge in [-0.15, -0.1) is 0 Å². The van der Waals surface area contributed by atoms with E-state index in [1.165, 1.54) is 0 Å². The van der Waals surface area contributed by atoms with Gasteiger partial charge in [0.2, 0.25) is 10.0 Å². The molecule has 5 nitrogen and oxygen atoms in total. The van der Waals surface area contributed by atoms with Gasteiger partial charge in [0.05, 0.1) is 16.5 Å². The molecule has 0 amide bonds. The molecule has 0 aromatic heterocycles. The number of hydrogen-bond donors (Lipinski definition) is 1. The quantitative estimate of drug-likeness (QED) is 0.866. The van der Waals surface area contributed by atoms with Gasteiger partial charge in [-0.3, -0.25) is 0 Å². The van der Waals surface area contributed by atoms with Crippen LogP contribution in [0.15, 0.2) is 11.0 Å². The Balaban J connectivity index is 2.49. The van der Waals surface area contributed by atoms with E-state index in [2.05, 4.69) is 4.72 Å². The van der Waals surface area contributed by atoms with Gasteiger partial charge in [-0.05, 0) is 44.4 Å². The smallest absolute Gasteiger partial charge is 0.229 e. The summed E-state index contributed by atoms with van der Waals surface area (Å²) in [5.41, 5.74) is -0.153. The molecule has 9 heteroatoms. The van der Waals surface area contributed by atoms with Gasteiger partial charge in [0.15, 0.2) is 9.84 Å². The summed E-state index contributed by atoms with van der Waals surface area (Å²) >= 11 is 12.2. The summed E-state index contributed by atoms with van der Waals surface area (Å²) in [5, 5.41) is 0.394. The average Bonchev–Trinajstić information content (AvgIpc) is 2.59. The number of hydrogen-bond acceptors (Lipinski definition) is 4. The fourth-order valence-corrected chi connectivity index (χ4v) is 7.43. The molecule has 1 N–H and O–H groups in total. The van der Waals surface area contributed by atoms with E-state index in [4.69, 9.17) is 23.2 Å². The average molecular weight is 386 g/mol. The van der Waals surface area contributed by atoms with E-state index in [1.54, 1.807) is 26.8 Å². The largest absolute Gasteiger partial charge is 0.242 e. The lowest BCUT2D eigenvalue weighted by molar-refractivity contribution is 0.461. The van der Waals surface area contributed by atoms with Crippen LogP contribution in [-0.2, 0) is 19.9 Å². The lowest BCUT2D eigenvalue weighted by Crippen LogP contribution is -2.47. The molecular formula is C13H17Cl2NO4S2. The second kappa shape index (κ2) is 5.63. The Morgan fingerprint density at radius 1 is 1.27 bits per heavy atom. The maximum atomic E-state index is 12.7. The van der Waals surface area contributed by atoms with Crippen molar-refractivity contribution in [2.24, 2.45) is 0 Å². The predicted molar refractivity (Wildman–Crippen MR) is 87.9 cm³/mol. The molecule has 1 heterocycles. The number of benzene rings is 1. The van der Waals surface area contributed by atoms with Gasteiger partial charge in [0, 0.05) is 10.6 Å². The zero-order chi connectivity index (χ0) is 16.9. The van der Waals surface area contributed by atoms with Gasteiger partial charge in [0.1, 0.15) is 4.90 Å². The molecule has 0 aliphatic carbocycles. The first kappa shape index (κ1) is 18.0. The molecule has 2 rings (SSSR count). The summed E-state index contributed by atoms with van der Waals surface area (Å²) < 4.78 is 51.1. The van der Waals surface area contributed by atoms with Crippen molar-refractivity contribution in [1.29, 1.82) is 0 Å². The van der Waals surface area contributed by atoms with Crippen molar-refractivity contribution < 1.29 is 16.8 Å². The van der Waals surface area contributed by atoms with Crippen molar-refractivity contribution in [2.45, 2.75) is 37.6 Å². The van der Waals surface area contributed by atoms with E-state index in [9.17, 15) is 16.8 Å². The molecule has 1 unspecified atom stereocenters. The van der Waals surface area contributed by atoms with Crippen molar-refractivity contribution in [3.8, 4) is 0 Å². The van der Waals surface area contributed by atoms with Crippen LogP contribution in [0.25, 0.3) is 0 Å². The van der Waals surface area contributed by atoms with Crippen molar-refractivity contribution >= 4 is 43.1 Å². The highest BCUT2D eigenvalue weighted by Crippen LogP contribution is 2.35. The number of sulfone groups is 1. The van der Waals surface area contributed by atoms with Gasteiger partial charge < -0.3 is 0 Å². The molecule has 1 aromatic rings. The van der Waals surface area contributed by atoms with Crippen molar-refractivity contribution in [1.82, 2.24) is 4.72 Å². The third-order valence-corrected chi connectivity index (χ3v) is 8.44. The van der Waals surface area contributed by atoms with Gasteiger partial charge in [-0.2, -0.15) is 0 Å². The number of aryl methyl sites for hydroxylation is 1. The van der Waals surface area contributed by atoms with Crippen molar-refractivity contribution in [3.05, 3.63) is 27.2 Å². The molecule has 124 valence electrons. The van der Waals surface area contributed by atoms with E-state index >= 15 is 0 Å². The van der Waals surface area contributed by atoms with Crippen molar-refractivity contribution in [3.63, 3.8) is 0 Å². The Hall–Kier alpha value is -0.340. The molecule has 0 spiro atoms. The topological polar surface area (TPSA) is 80.3 Å². The minimum Gasteiger partial charge on any atom is -0.229 e. The highest BCUT2D eigenvalue weighted by Gasteiger charge is 2.42. The zero-order valence-electron chi connectivity index (χ0n) is 12.4. The monoisotopic (exact) mass is 385 g/mol. The van der Waals surface area contributed by atoms with E-state index in [1.807, 2.05) is 0 Å². The van der Waals surface area contributed by atoms with Crippen LogP contribution in [0.4, 0.5) is 0 Å². The van der Waals surface area contributed by atoms with Crippen LogP contribution in [-0.4, -0.2) is 33.9 Å². The Labute approximate surface area is 141 Å². The van der Waals surface area contributed by atoms with Crippen LogP contribution in [0.3, 0.4) is 0 Å². The molecule has 0 radical (unpaired) electrons. The molecular weight excluding hydrogens is 369 g/mol. The van der Waals surface area contributed by atoms with E-state index < -0.39 is 25.4 Å². The summed E-state index contributed by atoms with van der Waals surface area (Å²) in [6.45, 7) is 4.81. The first-order valence-corrected chi connectivity index (χ1v) is 10.6. The molecule has 1 aliphatic heterocycles. The summed E-state index contributed by atoms with van der Waals surface area (Å²) in [5.74, 6) is -0.261. The molecule has 0 saturated carbocycles. The molecule has 1 saturated heterocycles. The van der Waals surface area contributed by atoms with Crippen LogP contribution in [0.1, 0.15) is 24.5 Å². The summed E-state index contributed by atoms with van der Waals surface area (Å²) in [6.07, 6.45) is 0.227. The predicted octanol–water partition coefficient (Wildman–Crippen LogP) is 2.47. The zero-order valence-corrected chi connectivity index (χ0v) is 15.5. The van der Waals surface area contributed by atoms with Crippen LogP contribution in [0.5, 0.6) is 0 Å². The fraction of sp³-hybridized carbons (Fsp3) is 0.538. The Morgan fingerprint density at radius 3 is 2.36 bits per heavy atom. The summed E-state index contributed by atoms with van der Waals surface area (Å²) in [4.78, 5) is -0.0929. The normalized spacial score (nSPS) is 24.6. The molecule has 0 bridgehead atoms. The Kier molecular flexibility index (Phi) is 4.61. The summed E-state index contributed by atoms with van der Waals surface area (Å²) in [6, 6.07) is 1.60. The van der Waals surface area contributed by atoms with Gasteiger partial charge in [0.25, 0.3) is 0 Å². The summed E-state index contributed by atoms with van der Waals surface area (Å²) in [7, 11) is -7.22. The fourth-order valence-electron chi connectivity index (χ4n) is 2.60. The van der Waals surface area contributed by atoms with Crippen LogP contribution in [0, 0.1) is 13.8 Å². The lowest BCUT2D eigenvalue weighted by atomic mass is 10.0. The second-order valence-electron chi connectivity index (χ2n) is 5.95. The van der Waals surface area contributed by atoms with E-state index in [-0.39, 0.29) is 27.8 Å². The van der Waals surface area contributed by atoms with Crippen LogP contribution >= 0.6 is 23.2 Å². The number of rotatable bonds is 3. The third kappa shape index (κ3) is 3.43. The molecule has 22 heavy (non-hydrogen) atoms. The Morgan fingerprint density at radius 2 is 1.86 bits per heavy atom. The maximum absolute atomic E-state index is 12.7. The second-order valence-corrected chi connectivity index (χ2v) is 10.5. The first-order chi connectivity index (χ1) is 9.87. The molecule has 1 fully saturated rings. The molecule has 1 atom stereocenters. The van der Waals surface area contributed by atoms with Gasteiger partial charge >= 0.3 is 0 Å². The van der Waals surface area contributed by atoms with Crippen LogP contribution < -0.4 is 4.72 Å². The number of nitrogens with one attached hydrogen (secondary N) is 1. The SMILES string of the molecule is Cc1cc(Cl)c(C)c(S(=O)(=O)NC2(C)CCS(=O)(=O)C2)c1Cl. The third-order valence-electron chi connectivity index (χ3n) is 3.74. The van der Waals surface area contributed by atoms with Crippen molar-refractivity contribution in [2.75, 3.05) is 11.5 Å². The minimum atomic E-state index is -3.99. The lowest BCUT2D eigenvalue weighted by Gasteiger charge is -2.25. The van der Waals surface area contributed by atoms with E-state index in [0.29, 0.717) is 16.1 Å². The highest BCUT2D eigenvalue weighted by molar-refractivity contribution is 7.92. The van der Waals surface area contributed by atoms with E-state index in [0.717, 1.165) is 0 Å². The first-order valence-electron chi connectivity index (χ1n) is 6.56. The number of halogens is 2. The van der Waals surface area contributed by atoms with Crippen LogP contribution in [0.2, 0.25) is 10.0 Å². The maximum Gasteiger partial charge on any atom is 0.242 e.